The van der Waals surface area contributed by atoms with Crippen LogP contribution in [0.5, 0.6) is 5.88 Å². The van der Waals surface area contributed by atoms with Crippen molar-refractivity contribution in [3.8, 4) is 5.88 Å². The highest BCUT2D eigenvalue weighted by Crippen LogP contribution is 2.36. The molecule has 0 bridgehead atoms. The first-order valence-electron chi connectivity index (χ1n) is 7.71. The van der Waals surface area contributed by atoms with Crippen LogP contribution in [0.15, 0.2) is 30.3 Å². The molecule has 0 aliphatic carbocycles. The second kappa shape index (κ2) is 4.72. The molecule has 21 heavy (non-hydrogen) atoms. The Balaban J connectivity index is 1.92. The maximum absolute atomic E-state index is 7.07. The van der Waals surface area contributed by atoms with Crippen LogP contribution in [0.4, 0.5) is 0 Å². The van der Waals surface area contributed by atoms with Crippen LogP contribution in [0.3, 0.4) is 0 Å². The third-order valence-electron chi connectivity index (χ3n) is 4.36. The fourth-order valence-electron chi connectivity index (χ4n) is 2.33. The fraction of sp³-hybridized carbons (Fsp3) is 0.438. The fourth-order valence-corrected chi connectivity index (χ4v) is 2.33. The summed E-state index contributed by atoms with van der Waals surface area (Å²) in [4.78, 5) is 4.37. The number of fused-ring (bicyclic) bond motifs is 1. The molecule has 4 nitrogen and oxygen atoms in total. The third kappa shape index (κ3) is 2.41. The van der Waals surface area contributed by atoms with Gasteiger partial charge in [-0.25, -0.2) is 4.98 Å². The van der Waals surface area contributed by atoms with Gasteiger partial charge in [0.05, 0.1) is 25.2 Å². The normalized spacial score (nSPS) is 20.6. The first kappa shape index (κ1) is 13.1. The second-order valence-corrected chi connectivity index (χ2v) is 6.33. The van der Waals surface area contributed by atoms with E-state index in [0.29, 0.717) is 5.88 Å². The zero-order valence-corrected chi connectivity index (χ0v) is 12.8. The molecule has 2 heterocycles. The lowest BCUT2D eigenvalue weighted by Gasteiger charge is -2.32. The number of nitrogens with zero attached hydrogens (tertiary/aromatic N) is 1. The molecule has 0 N–H and O–H groups in total. The van der Waals surface area contributed by atoms with Gasteiger partial charge in [-0.05, 0) is 45.3 Å². The summed E-state index contributed by atoms with van der Waals surface area (Å²) in [5.74, 6) is 0.464. The number of aromatic nitrogens is 1. The molecular weight excluding hydrogens is 265 g/mol. The summed E-state index contributed by atoms with van der Waals surface area (Å²) in [6.45, 7) is 8.17. The van der Waals surface area contributed by atoms with Crippen molar-refractivity contribution in [1.29, 1.82) is 0 Å². The predicted molar refractivity (Wildman–Crippen MR) is 84.0 cm³/mol. The molecule has 0 radical (unpaired) electrons. The summed E-state index contributed by atoms with van der Waals surface area (Å²) in [5, 5.41) is 0.990. The highest BCUT2D eigenvalue weighted by Gasteiger charge is 2.51. The van der Waals surface area contributed by atoms with Gasteiger partial charge in [-0.3, -0.25) is 0 Å². The molecule has 0 saturated carbocycles. The van der Waals surface area contributed by atoms with Crippen molar-refractivity contribution in [2.75, 3.05) is 7.09 Å². The van der Waals surface area contributed by atoms with Crippen LogP contribution in [0.2, 0.25) is 0 Å². The number of methoxy groups -OCH3 is 1. The van der Waals surface area contributed by atoms with Gasteiger partial charge in [-0.1, -0.05) is 12.1 Å². The van der Waals surface area contributed by atoms with Gasteiger partial charge in [0.2, 0.25) is 5.88 Å². The van der Waals surface area contributed by atoms with Crippen LogP contribution in [-0.2, 0) is 9.31 Å². The van der Waals surface area contributed by atoms with Crippen molar-refractivity contribution >= 4 is 23.5 Å². The van der Waals surface area contributed by atoms with Crippen molar-refractivity contribution in [3.63, 3.8) is 0 Å². The van der Waals surface area contributed by atoms with E-state index in [1.807, 2.05) is 52.0 Å². The Bertz CT molecular complexity index is 689. The zero-order valence-electron chi connectivity index (χ0n) is 13.8. The van der Waals surface area contributed by atoms with E-state index in [2.05, 4.69) is 4.98 Å². The quantitative estimate of drug-likeness (QED) is 0.795. The lowest BCUT2D eigenvalue weighted by atomic mass is 9.78. The van der Waals surface area contributed by atoms with Gasteiger partial charge < -0.3 is 14.0 Å². The molecule has 2 aromatic rings. The molecule has 1 fully saturated rings. The standard InChI is InChI=1S/C16H20BNO3/c1-15(2)16(3,4)21-17(20-15)12-7-8-13-11(10-12)6-9-14(18-13)19-5/h6-10H,1-5H3/i5D. The minimum absolute atomic E-state index is 0.134. The van der Waals surface area contributed by atoms with E-state index in [-0.39, 0.29) is 25.4 Å². The number of ether oxygens (including phenoxy) is 1. The molecule has 1 saturated heterocycles. The average Bonchev–Trinajstić information content (AvgIpc) is 2.67. The molecule has 0 amide bonds. The van der Waals surface area contributed by atoms with E-state index in [1.165, 1.54) is 0 Å². The van der Waals surface area contributed by atoms with E-state index in [9.17, 15) is 0 Å². The van der Waals surface area contributed by atoms with Gasteiger partial charge in [-0.2, -0.15) is 0 Å². The van der Waals surface area contributed by atoms with Crippen LogP contribution >= 0.6 is 0 Å². The maximum atomic E-state index is 7.07. The van der Waals surface area contributed by atoms with Crippen molar-refractivity contribution < 1.29 is 15.4 Å². The largest absolute Gasteiger partial charge is 0.494 e. The summed E-state index contributed by atoms with van der Waals surface area (Å²) < 4.78 is 24.3. The molecule has 1 aromatic carbocycles. The number of hydrogen-bond acceptors (Lipinski definition) is 4. The molecule has 0 unspecified atom stereocenters. The van der Waals surface area contributed by atoms with Crippen molar-refractivity contribution in [2.24, 2.45) is 0 Å². The Kier molecular flexibility index (Phi) is 2.94. The molecular formula is C16H20BNO3. The van der Waals surface area contributed by atoms with E-state index in [4.69, 9.17) is 15.4 Å². The van der Waals surface area contributed by atoms with E-state index in [0.717, 1.165) is 16.4 Å². The number of pyridine rings is 1. The van der Waals surface area contributed by atoms with Gasteiger partial charge in [0, 0.05) is 11.5 Å². The molecule has 0 spiro atoms. The zero-order chi connectivity index (χ0) is 16.0. The van der Waals surface area contributed by atoms with Crippen LogP contribution in [-0.4, -0.2) is 30.4 Å². The summed E-state index contributed by atoms with van der Waals surface area (Å²) in [6, 6.07) is 9.61. The first-order valence-corrected chi connectivity index (χ1v) is 7.01. The highest BCUT2D eigenvalue weighted by molar-refractivity contribution is 6.62. The monoisotopic (exact) mass is 286 g/mol. The van der Waals surface area contributed by atoms with Crippen LogP contribution < -0.4 is 10.2 Å². The van der Waals surface area contributed by atoms with Crippen LogP contribution in [0.1, 0.15) is 29.1 Å². The Morgan fingerprint density at radius 3 is 2.48 bits per heavy atom. The van der Waals surface area contributed by atoms with Gasteiger partial charge in [0.25, 0.3) is 0 Å². The topological polar surface area (TPSA) is 40.6 Å². The van der Waals surface area contributed by atoms with Gasteiger partial charge >= 0.3 is 7.12 Å². The van der Waals surface area contributed by atoms with E-state index in [1.54, 1.807) is 6.07 Å². The number of hydrogen-bond donors (Lipinski definition) is 0. The molecule has 1 aliphatic rings. The molecule has 110 valence electrons. The lowest BCUT2D eigenvalue weighted by Crippen LogP contribution is -2.41. The third-order valence-corrected chi connectivity index (χ3v) is 4.36. The molecule has 3 rings (SSSR count). The minimum Gasteiger partial charge on any atom is -0.481 e. The Labute approximate surface area is 127 Å². The lowest BCUT2D eigenvalue weighted by molar-refractivity contribution is 0.00578. The molecule has 1 aliphatic heterocycles. The van der Waals surface area contributed by atoms with Gasteiger partial charge in [-0.15, -0.1) is 0 Å². The number of rotatable bonds is 2. The Hall–Kier alpha value is -1.59. The summed E-state index contributed by atoms with van der Waals surface area (Å²) in [6.07, 6.45) is 0. The van der Waals surface area contributed by atoms with Gasteiger partial charge in [0.1, 0.15) is 0 Å². The molecule has 1 aromatic heterocycles. The van der Waals surface area contributed by atoms with Crippen LogP contribution in [0, 0.1) is 0 Å². The smallest absolute Gasteiger partial charge is 0.481 e. The summed E-state index contributed by atoms with van der Waals surface area (Å²) in [5.41, 5.74) is 1.10. The van der Waals surface area contributed by atoms with Crippen molar-refractivity contribution in [3.05, 3.63) is 30.3 Å². The Morgan fingerprint density at radius 1 is 1.10 bits per heavy atom. The van der Waals surface area contributed by atoms with E-state index < -0.39 is 0 Å². The number of benzene rings is 1. The van der Waals surface area contributed by atoms with Gasteiger partial charge in [0.15, 0.2) is 0 Å². The summed E-state index contributed by atoms with van der Waals surface area (Å²) >= 11 is 0. The maximum Gasteiger partial charge on any atom is 0.494 e. The highest BCUT2D eigenvalue weighted by atomic mass is 16.7. The average molecular weight is 286 g/mol. The SMILES string of the molecule is [2H]COc1ccc2cc(B3OC(C)(C)C(C)(C)O3)ccc2n1. The van der Waals surface area contributed by atoms with Crippen molar-refractivity contribution in [2.45, 2.75) is 38.9 Å². The van der Waals surface area contributed by atoms with E-state index >= 15 is 0 Å². The summed E-state index contributed by atoms with van der Waals surface area (Å²) in [7, 11) is -0.511. The minimum atomic E-state index is -0.376. The Morgan fingerprint density at radius 2 is 1.81 bits per heavy atom. The predicted octanol–water partition coefficient (Wildman–Crippen LogP) is 2.54. The first-order chi connectivity index (χ1) is 10.3. The molecule has 0 atom stereocenters. The van der Waals surface area contributed by atoms with Crippen LogP contribution in [0.25, 0.3) is 10.9 Å². The second-order valence-electron chi connectivity index (χ2n) is 6.33. The molecule has 5 heteroatoms. The van der Waals surface area contributed by atoms with Crippen molar-refractivity contribution in [1.82, 2.24) is 4.98 Å².